The Morgan fingerprint density at radius 2 is 1.78 bits per heavy atom. The monoisotopic (exact) mass is 380 g/mol. The van der Waals surface area contributed by atoms with Crippen molar-refractivity contribution in [3.8, 4) is 0 Å². The van der Waals surface area contributed by atoms with Crippen LogP contribution in [0.25, 0.3) is 0 Å². The van der Waals surface area contributed by atoms with Crippen LogP contribution in [0.3, 0.4) is 0 Å². The van der Waals surface area contributed by atoms with E-state index in [4.69, 9.17) is 11.6 Å². The van der Waals surface area contributed by atoms with E-state index in [2.05, 4.69) is 20.6 Å². The second kappa shape index (κ2) is 9.14. The van der Waals surface area contributed by atoms with Crippen LogP contribution in [0, 0.1) is 0 Å². The van der Waals surface area contributed by atoms with Gasteiger partial charge in [-0.1, -0.05) is 54.1 Å². The summed E-state index contributed by atoms with van der Waals surface area (Å²) in [6.07, 6.45) is 3.79. The quantitative estimate of drug-likeness (QED) is 0.642. The van der Waals surface area contributed by atoms with Crippen LogP contribution in [-0.4, -0.2) is 22.4 Å². The van der Waals surface area contributed by atoms with Crippen molar-refractivity contribution in [2.45, 2.75) is 19.4 Å². The van der Waals surface area contributed by atoms with E-state index in [0.717, 1.165) is 17.5 Å². The molecule has 5 nitrogen and oxygen atoms in total. The fraction of sp³-hybridized carbons (Fsp3) is 0.190. The Morgan fingerprint density at radius 1 is 1.04 bits per heavy atom. The summed E-state index contributed by atoms with van der Waals surface area (Å²) in [5, 5.41) is 6.83. The topological polar surface area (TPSA) is 66.9 Å². The van der Waals surface area contributed by atoms with E-state index < -0.39 is 0 Å². The molecule has 1 heterocycles. The van der Waals surface area contributed by atoms with Gasteiger partial charge in [0.15, 0.2) is 0 Å². The first-order chi connectivity index (χ1) is 13.1. The lowest BCUT2D eigenvalue weighted by molar-refractivity contribution is 0.0949. The van der Waals surface area contributed by atoms with Gasteiger partial charge in [-0.25, -0.2) is 9.97 Å². The average molecular weight is 381 g/mol. The van der Waals surface area contributed by atoms with Crippen LogP contribution >= 0.6 is 11.6 Å². The third-order valence-electron chi connectivity index (χ3n) is 4.16. The van der Waals surface area contributed by atoms with Gasteiger partial charge in [-0.3, -0.25) is 4.79 Å². The number of anilines is 1. The minimum atomic E-state index is -0.237. The largest absolute Gasteiger partial charge is 0.362 e. The number of hydrogen-bond acceptors (Lipinski definition) is 4. The number of hydrogen-bond donors (Lipinski definition) is 2. The zero-order valence-electron chi connectivity index (χ0n) is 15.0. The van der Waals surface area contributed by atoms with E-state index in [1.807, 2.05) is 61.5 Å². The molecule has 1 aromatic heterocycles. The minimum Gasteiger partial charge on any atom is -0.362 e. The highest BCUT2D eigenvalue weighted by molar-refractivity contribution is 6.30. The molecule has 0 radical (unpaired) electrons. The van der Waals surface area contributed by atoms with E-state index in [1.54, 1.807) is 6.20 Å². The number of carbonyl (C=O) groups excluding carboxylic acids is 1. The molecule has 1 atom stereocenters. The molecule has 0 saturated carbocycles. The number of nitrogens with zero attached hydrogens (tertiary/aromatic N) is 2. The van der Waals surface area contributed by atoms with E-state index in [-0.39, 0.29) is 11.9 Å². The van der Waals surface area contributed by atoms with Crippen LogP contribution in [0.2, 0.25) is 5.02 Å². The molecular formula is C21H21ClN4O. The number of carbonyl (C=O) groups is 1. The molecule has 6 heteroatoms. The molecule has 0 aliphatic carbocycles. The van der Waals surface area contributed by atoms with Crippen LogP contribution in [-0.2, 0) is 6.42 Å². The summed E-state index contributed by atoms with van der Waals surface area (Å²) in [7, 11) is 0. The molecular weight excluding hydrogens is 360 g/mol. The molecule has 1 unspecified atom stereocenters. The highest BCUT2D eigenvalue weighted by atomic mass is 35.5. The summed E-state index contributed by atoms with van der Waals surface area (Å²) < 4.78 is 0. The van der Waals surface area contributed by atoms with E-state index in [9.17, 15) is 4.79 Å². The third kappa shape index (κ3) is 5.53. The number of benzene rings is 2. The Balaban J connectivity index is 1.50. The van der Waals surface area contributed by atoms with Gasteiger partial charge in [-0.15, -0.1) is 0 Å². The summed E-state index contributed by atoms with van der Waals surface area (Å²) in [6.45, 7) is 2.57. The van der Waals surface area contributed by atoms with Gasteiger partial charge in [-0.05, 0) is 36.6 Å². The van der Waals surface area contributed by atoms with Crippen LogP contribution in [0.1, 0.15) is 34.6 Å². The lowest BCUT2D eigenvalue weighted by Crippen LogP contribution is -2.26. The number of halogens is 1. The summed E-state index contributed by atoms with van der Waals surface area (Å²) in [4.78, 5) is 20.7. The van der Waals surface area contributed by atoms with Crippen molar-refractivity contribution in [2.75, 3.05) is 11.9 Å². The standard InChI is InChI=1S/C21H21ClN4O/c1-15(17-5-3-2-4-6-17)26-20-14-24-19(13-25-20)21(27)23-12-11-16-7-9-18(22)10-8-16/h2-10,13-15H,11-12H2,1H3,(H,23,27)(H,25,26). The maximum absolute atomic E-state index is 12.2. The van der Waals surface area contributed by atoms with E-state index >= 15 is 0 Å². The number of aromatic nitrogens is 2. The first-order valence-corrected chi connectivity index (χ1v) is 9.16. The predicted molar refractivity (Wildman–Crippen MR) is 108 cm³/mol. The number of nitrogens with one attached hydrogen (secondary N) is 2. The first kappa shape index (κ1) is 18.9. The predicted octanol–water partition coefficient (Wildman–Crippen LogP) is 4.28. The molecule has 0 fully saturated rings. The Morgan fingerprint density at radius 3 is 2.44 bits per heavy atom. The summed E-state index contributed by atoms with van der Waals surface area (Å²) in [5.74, 6) is 0.392. The van der Waals surface area contributed by atoms with E-state index in [1.165, 1.54) is 6.20 Å². The fourth-order valence-electron chi connectivity index (χ4n) is 2.63. The molecule has 3 rings (SSSR count). The molecule has 2 aromatic carbocycles. The highest BCUT2D eigenvalue weighted by Crippen LogP contribution is 2.16. The lowest BCUT2D eigenvalue weighted by atomic mass is 10.1. The van der Waals surface area contributed by atoms with Crippen molar-refractivity contribution in [1.29, 1.82) is 0 Å². The molecule has 0 bridgehead atoms. The lowest BCUT2D eigenvalue weighted by Gasteiger charge is -2.14. The zero-order chi connectivity index (χ0) is 19.1. The summed E-state index contributed by atoms with van der Waals surface area (Å²) in [5.41, 5.74) is 2.56. The maximum Gasteiger partial charge on any atom is 0.271 e. The smallest absolute Gasteiger partial charge is 0.271 e. The van der Waals surface area contributed by atoms with Gasteiger partial charge >= 0.3 is 0 Å². The van der Waals surface area contributed by atoms with Crippen molar-refractivity contribution in [1.82, 2.24) is 15.3 Å². The normalized spacial score (nSPS) is 11.6. The molecule has 0 aliphatic heterocycles. The molecule has 0 aliphatic rings. The van der Waals surface area contributed by atoms with Gasteiger partial charge in [0.05, 0.1) is 12.4 Å². The van der Waals surface area contributed by atoms with E-state index in [0.29, 0.717) is 23.1 Å². The van der Waals surface area contributed by atoms with Crippen LogP contribution in [0.5, 0.6) is 0 Å². The number of amides is 1. The first-order valence-electron chi connectivity index (χ1n) is 8.78. The number of rotatable bonds is 7. The summed E-state index contributed by atoms with van der Waals surface area (Å²) in [6, 6.07) is 17.7. The summed E-state index contributed by atoms with van der Waals surface area (Å²) >= 11 is 5.87. The van der Waals surface area contributed by atoms with Gasteiger partial charge in [0.1, 0.15) is 11.5 Å². The van der Waals surface area contributed by atoms with Gasteiger partial charge in [0.2, 0.25) is 0 Å². The Kier molecular flexibility index (Phi) is 6.39. The molecule has 1 amide bonds. The van der Waals surface area contributed by atoms with Crippen molar-refractivity contribution in [2.24, 2.45) is 0 Å². The van der Waals surface area contributed by atoms with Crippen molar-refractivity contribution < 1.29 is 4.79 Å². The Labute approximate surface area is 163 Å². The zero-order valence-corrected chi connectivity index (χ0v) is 15.8. The fourth-order valence-corrected chi connectivity index (χ4v) is 2.75. The van der Waals surface area contributed by atoms with Gasteiger partial charge in [-0.2, -0.15) is 0 Å². The van der Waals surface area contributed by atoms with Gasteiger partial charge < -0.3 is 10.6 Å². The van der Waals surface area contributed by atoms with Crippen molar-refractivity contribution in [3.05, 3.63) is 88.8 Å². The maximum atomic E-state index is 12.2. The Bertz CT molecular complexity index is 867. The molecule has 27 heavy (non-hydrogen) atoms. The van der Waals surface area contributed by atoms with Gasteiger partial charge in [0, 0.05) is 17.6 Å². The van der Waals surface area contributed by atoms with Crippen molar-refractivity contribution >= 4 is 23.3 Å². The molecule has 0 spiro atoms. The molecule has 3 aromatic rings. The SMILES string of the molecule is CC(Nc1cnc(C(=O)NCCc2ccc(Cl)cc2)cn1)c1ccccc1. The minimum absolute atomic E-state index is 0.0968. The second-order valence-electron chi connectivity index (χ2n) is 6.20. The van der Waals surface area contributed by atoms with Crippen LogP contribution in [0.4, 0.5) is 5.82 Å². The van der Waals surface area contributed by atoms with Gasteiger partial charge in [0.25, 0.3) is 5.91 Å². The van der Waals surface area contributed by atoms with Crippen molar-refractivity contribution in [3.63, 3.8) is 0 Å². The molecule has 138 valence electrons. The second-order valence-corrected chi connectivity index (χ2v) is 6.63. The molecule has 0 saturated heterocycles. The van der Waals surface area contributed by atoms with Crippen LogP contribution < -0.4 is 10.6 Å². The Hall–Kier alpha value is -2.92. The average Bonchev–Trinajstić information content (AvgIpc) is 2.70. The highest BCUT2D eigenvalue weighted by Gasteiger charge is 2.09. The molecule has 2 N–H and O–H groups in total. The third-order valence-corrected chi connectivity index (χ3v) is 4.41. The van der Waals surface area contributed by atoms with Crippen LogP contribution in [0.15, 0.2) is 67.0 Å².